The third-order valence-corrected chi connectivity index (χ3v) is 3.68. The van der Waals surface area contributed by atoms with E-state index in [1.165, 1.54) is 18.0 Å². The highest BCUT2D eigenvalue weighted by molar-refractivity contribution is 7.98. The van der Waals surface area contributed by atoms with Gasteiger partial charge in [0.25, 0.3) is 5.91 Å². The van der Waals surface area contributed by atoms with Gasteiger partial charge in [-0.15, -0.1) is 0 Å². The fourth-order valence-corrected chi connectivity index (χ4v) is 2.34. The molecule has 2 heterocycles. The zero-order chi connectivity index (χ0) is 16.2. The fourth-order valence-electron chi connectivity index (χ4n) is 2.00. The molecule has 0 aliphatic carbocycles. The molecule has 1 amide bonds. The second kappa shape index (κ2) is 6.49. The molecule has 0 unspecified atom stereocenters. The van der Waals surface area contributed by atoms with Crippen LogP contribution in [0.25, 0.3) is 5.69 Å². The highest BCUT2D eigenvalue weighted by atomic mass is 32.2. The molecule has 116 valence electrons. The molecule has 0 aliphatic heterocycles. The van der Waals surface area contributed by atoms with E-state index < -0.39 is 5.91 Å². The van der Waals surface area contributed by atoms with Crippen molar-refractivity contribution in [3.63, 3.8) is 0 Å². The summed E-state index contributed by atoms with van der Waals surface area (Å²) in [5, 5.41) is 7.84. The number of thioether (sulfide) groups is 1. The third kappa shape index (κ3) is 3.32. The van der Waals surface area contributed by atoms with Crippen molar-refractivity contribution in [2.24, 2.45) is 5.73 Å². The first-order valence-corrected chi connectivity index (χ1v) is 7.98. The molecule has 8 heteroatoms. The number of benzene rings is 1. The van der Waals surface area contributed by atoms with Crippen LogP contribution in [-0.4, -0.2) is 31.9 Å². The lowest BCUT2D eigenvalue weighted by molar-refractivity contribution is 0.100. The Morgan fingerprint density at radius 3 is 2.70 bits per heavy atom. The number of nitrogens with one attached hydrogen (secondary N) is 1. The molecule has 1 aromatic carbocycles. The molecule has 0 saturated heterocycles. The van der Waals surface area contributed by atoms with Gasteiger partial charge in [0.15, 0.2) is 5.16 Å². The van der Waals surface area contributed by atoms with E-state index in [1.807, 2.05) is 42.8 Å². The number of rotatable bonds is 5. The van der Waals surface area contributed by atoms with Crippen molar-refractivity contribution >= 4 is 29.2 Å². The van der Waals surface area contributed by atoms with Crippen LogP contribution in [0.3, 0.4) is 0 Å². The smallest absolute Gasteiger partial charge is 0.254 e. The van der Waals surface area contributed by atoms with Crippen LogP contribution >= 0.6 is 11.8 Å². The molecule has 0 saturated carbocycles. The molecule has 3 N–H and O–H groups in total. The number of hydrogen-bond acceptors (Lipinski definition) is 6. The van der Waals surface area contributed by atoms with E-state index in [1.54, 1.807) is 10.9 Å². The van der Waals surface area contributed by atoms with Gasteiger partial charge in [-0.3, -0.25) is 4.79 Å². The van der Waals surface area contributed by atoms with Crippen molar-refractivity contribution in [3.05, 3.63) is 54.5 Å². The molecular weight excluding hydrogens is 312 g/mol. The van der Waals surface area contributed by atoms with Gasteiger partial charge in [-0.2, -0.15) is 5.10 Å². The average molecular weight is 326 g/mol. The maximum absolute atomic E-state index is 11.5. The third-order valence-electron chi connectivity index (χ3n) is 3.11. The molecule has 3 rings (SSSR count). The molecule has 0 fully saturated rings. The van der Waals surface area contributed by atoms with Gasteiger partial charge in [-0.25, -0.2) is 14.6 Å². The number of nitrogens with zero attached hydrogens (tertiary/aromatic N) is 4. The van der Waals surface area contributed by atoms with Gasteiger partial charge in [0.05, 0.1) is 5.69 Å². The fraction of sp³-hybridized carbons (Fsp3) is 0.0667. The molecule has 23 heavy (non-hydrogen) atoms. The lowest BCUT2D eigenvalue weighted by Crippen LogP contribution is -2.15. The summed E-state index contributed by atoms with van der Waals surface area (Å²) in [4.78, 5) is 19.9. The highest BCUT2D eigenvalue weighted by Crippen LogP contribution is 2.21. The Bertz CT molecular complexity index is 816. The summed E-state index contributed by atoms with van der Waals surface area (Å²) in [5.74, 6) is -0.183. The largest absolute Gasteiger partial charge is 0.365 e. The van der Waals surface area contributed by atoms with Gasteiger partial charge in [0.1, 0.15) is 11.4 Å². The molecule has 0 spiro atoms. The summed E-state index contributed by atoms with van der Waals surface area (Å²) < 4.78 is 1.76. The van der Waals surface area contributed by atoms with Gasteiger partial charge in [-0.1, -0.05) is 11.8 Å². The van der Waals surface area contributed by atoms with Crippen LogP contribution in [0.5, 0.6) is 0 Å². The van der Waals surface area contributed by atoms with Crippen molar-refractivity contribution in [2.75, 3.05) is 11.6 Å². The summed E-state index contributed by atoms with van der Waals surface area (Å²) in [7, 11) is 0. The van der Waals surface area contributed by atoms with Crippen LogP contribution in [0.4, 0.5) is 11.5 Å². The van der Waals surface area contributed by atoms with E-state index >= 15 is 0 Å². The first-order valence-electron chi connectivity index (χ1n) is 6.75. The molecule has 2 aromatic heterocycles. The van der Waals surface area contributed by atoms with E-state index in [0.29, 0.717) is 11.0 Å². The lowest BCUT2D eigenvalue weighted by atomic mass is 10.2. The molecule has 7 nitrogen and oxygen atoms in total. The number of nitrogens with two attached hydrogens (primary N) is 1. The number of carbonyl (C=O) groups is 1. The van der Waals surface area contributed by atoms with Crippen molar-refractivity contribution in [2.45, 2.75) is 5.16 Å². The number of anilines is 2. The van der Waals surface area contributed by atoms with Crippen LogP contribution < -0.4 is 11.1 Å². The number of primary amides is 1. The normalized spacial score (nSPS) is 10.5. The zero-order valence-electron chi connectivity index (χ0n) is 12.3. The Labute approximate surface area is 136 Å². The molecule has 3 aromatic rings. The van der Waals surface area contributed by atoms with Gasteiger partial charge < -0.3 is 11.1 Å². The quantitative estimate of drug-likeness (QED) is 0.551. The minimum Gasteiger partial charge on any atom is -0.365 e. The average Bonchev–Trinajstić information content (AvgIpc) is 3.09. The minimum atomic E-state index is -0.576. The molecule has 0 radical (unpaired) electrons. The van der Waals surface area contributed by atoms with E-state index in [-0.39, 0.29) is 5.56 Å². The van der Waals surface area contributed by atoms with Crippen LogP contribution in [0.1, 0.15) is 10.4 Å². The first-order chi connectivity index (χ1) is 11.2. The van der Waals surface area contributed by atoms with Crippen molar-refractivity contribution in [1.82, 2.24) is 19.7 Å². The number of hydrogen-bond donors (Lipinski definition) is 2. The summed E-state index contributed by atoms with van der Waals surface area (Å²) in [6, 6.07) is 9.44. The molecule has 0 atom stereocenters. The Kier molecular flexibility index (Phi) is 4.24. The van der Waals surface area contributed by atoms with Gasteiger partial charge in [0, 0.05) is 24.3 Å². The Morgan fingerprint density at radius 2 is 2.09 bits per heavy atom. The van der Waals surface area contributed by atoms with Crippen LogP contribution in [0.2, 0.25) is 0 Å². The zero-order valence-corrected chi connectivity index (χ0v) is 13.1. The minimum absolute atomic E-state index is 0.249. The van der Waals surface area contributed by atoms with Crippen molar-refractivity contribution in [1.29, 1.82) is 0 Å². The van der Waals surface area contributed by atoms with Gasteiger partial charge >= 0.3 is 0 Å². The maximum Gasteiger partial charge on any atom is 0.254 e. The lowest BCUT2D eigenvalue weighted by Gasteiger charge is -2.10. The molecular formula is C15H14N6OS. The first kappa shape index (κ1) is 15.0. The Hall–Kier alpha value is -2.87. The molecule has 0 bridgehead atoms. The number of carbonyl (C=O) groups excluding carboxylic acids is 1. The van der Waals surface area contributed by atoms with E-state index in [2.05, 4.69) is 20.4 Å². The van der Waals surface area contributed by atoms with E-state index in [0.717, 1.165) is 11.4 Å². The highest BCUT2D eigenvalue weighted by Gasteiger charge is 2.12. The summed E-state index contributed by atoms with van der Waals surface area (Å²) in [6.07, 6.45) is 6.88. The monoisotopic (exact) mass is 326 g/mol. The number of aromatic nitrogens is 4. The van der Waals surface area contributed by atoms with Crippen molar-refractivity contribution in [3.8, 4) is 5.69 Å². The van der Waals surface area contributed by atoms with Crippen LogP contribution in [-0.2, 0) is 0 Å². The van der Waals surface area contributed by atoms with Gasteiger partial charge in [0.2, 0.25) is 0 Å². The van der Waals surface area contributed by atoms with Crippen LogP contribution in [0.15, 0.2) is 54.1 Å². The van der Waals surface area contributed by atoms with Gasteiger partial charge in [-0.05, 0) is 36.6 Å². The topological polar surface area (TPSA) is 98.7 Å². The predicted octanol–water partition coefficient (Wildman–Crippen LogP) is 2.23. The second-order valence-electron chi connectivity index (χ2n) is 4.61. The maximum atomic E-state index is 11.5. The summed E-state index contributed by atoms with van der Waals surface area (Å²) in [6.45, 7) is 0. The van der Waals surface area contributed by atoms with Crippen molar-refractivity contribution < 1.29 is 4.79 Å². The SMILES string of the molecule is CSc1ncc(C(N)=O)c(Nc2ccc(-n3cccn3)cc2)n1. The van der Waals surface area contributed by atoms with E-state index in [4.69, 9.17) is 5.73 Å². The Balaban J connectivity index is 1.88. The summed E-state index contributed by atoms with van der Waals surface area (Å²) >= 11 is 1.39. The van der Waals surface area contributed by atoms with Crippen LogP contribution in [0, 0.1) is 0 Å². The predicted molar refractivity (Wildman–Crippen MR) is 89.2 cm³/mol. The standard InChI is InChI=1S/C15H14N6OS/c1-23-15-17-9-12(13(16)22)14(20-15)19-10-3-5-11(6-4-10)21-8-2-7-18-21/h2-9H,1H3,(H2,16,22)(H,17,19,20). The summed E-state index contributed by atoms with van der Waals surface area (Å²) in [5.41, 5.74) is 7.34. The molecule has 0 aliphatic rings. The van der Waals surface area contributed by atoms with E-state index in [9.17, 15) is 4.79 Å². The Morgan fingerprint density at radius 1 is 1.30 bits per heavy atom. The number of amides is 1. The second-order valence-corrected chi connectivity index (χ2v) is 5.38.